The smallest absolute Gasteiger partial charge is 0.271 e. The van der Waals surface area contributed by atoms with Crippen molar-refractivity contribution in [2.45, 2.75) is 36.7 Å². The molecule has 0 radical (unpaired) electrons. The van der Waals surface area contributed by atoms with E-state index in [0.29, 0.717) is 24.4 Å². The number of hydrogen-bond donors (Lipinski definition) is 2. The van der Waals surface area contributed by atoms with Crippen LogP contribution >= 0.6 is 11.3 Å². The summed E-state index contributed by atoms with van der Waals surface area (Å²) in [6, 6.07) is 17.5. The first-order valence-corrected chi connectivity index (χ1v) is 13.5. The Balaban J connectivity index is 1.57. The number of nitrogens with zero attached hydrogens (tertiary/aromatic N) is 1. The van der Waals surface area contributed by atoms with Gasteiger partial charge in [0.2, 0.25) is 0 Å². The lowest BCUT2D eigenvalue weighted by Crippen LogP contribution is -2.54. The SMILES string of the molecule is COCc1cccc(-c2ccc(S(=O)(=O)Nc3ccc(OC)c(N4C[C@@H](C)N[C@@H](C)C4)c3)s2)c1. The second-order valence-corrected chi connectivity index (χ2v) is 11.6. The van der Waals surface area contributed by atoms with Crippen molar-refractivity contribution in [3.8, 4) is 16.2 Å². The fraction of sp³-hybridized carbons (Fsp3) is 0.360. The first kappa shape index (κ1) is 24.5. The summed E-state index contributed by atoms with van der Waals surface area (Å²) in [6.45, 7) is 6.42. The van der Waals surface area contributed by atoms with E-state index in [1.165, 1.54) is 11.3 Å². The van der Waals surface area contributed by atoms with Crippen LogP contribution in [-0.2, 0) is 21.4 Å². The minimum Gasteiger partial charge on any atom is -0.495 e. The third kappa shape index (κ3) is 5.55. The summed E-state index contributed by atoms with van der Waals surface area (Å²) >= 11 is 1.24. The summed E-state index contributed by atoms with van der Waals surface area (Å²) in [4.78, 5) is 3.12. The zero-order chi connectivity index (χ0) is 24.3. The van der Waals surface area contributed by atoms with Crippen LogP contribution in [0, 0.1) is 0 Å². The predicted octanol–water partition coefficient (Wildman–Crippen LogP) is 4.56. The van der Waals surface area contributed by atoms with Gasteiger partial charge in [0.25, 0.3) is 10.0 Å². The third-order valence-electron chi connectivity index (χ3n) is 5.70. The summed E-state index contributed by atoms with van der Waals surface area (Å²) < 4.78 is 40.2. The molecule has 182 valence electrons. The molecule has 2 N–H and O–H groups in total. The first-order valence-electron chi connectivity index (χ1n) is 11.2. The van der Waals surface area contributed by atoms with Crippen LogP contribution in [0.4, 0.5) is 11.4 Å². The van der Waals surface area contributed by atoms with Crippen molar-refractivity contribution in [2.24, 2.45) is 0 Å². The summed E-state index contributed by atoms with van der Waals surface area (Å²) in [5.74, 6) is 0.721. The quantitative estimate of drug-likeness (QED) is 0.471. The lowest BCUT2D eigenvalue weighted by atomic mass is 10.1. The van der Waals surface area contributed by atoms with Crippen molar-refractivity contribution in [1.29, 1.82) is 0 Å². The number of methoxy groups -OCH3 is 2. The van der Waals surface area contributed by atoms with Gasteiger partial charge in [-0.2, -0.15) is 0 Å². The predicted molar refractivity (Wildman–Crippen MR) is 139 cm³/mol. The zero-order valence-electron chi connectivity index (χ0n) is 19.9. The summed E-state index contributed by atoms with van der Waals surface area (Å²) in [7, 11) is -0.451. The monoisotopic (exact) mass is 501 g/mol. The lowest BCUT2D eigenvalue weighted by Gasteiger charge is -2.38. The molecule has 4 rings (SSSR count). The number of anilines is 2. The molecule has 9 heteroatoms. The topological polar surface area (TPSA) is 79.9 Å². The average Bonchev–Trinajstić information content (AvgIpc) is 3.30. The molecular formula is C25H31N3O4S2. The van der Waals surface area contributed by atoms with Gasteiger partial charge >= 0.3 is 0 Å². The molecule has 1 saturated heterocycles. The Labute approximate surface area is 205 Å². The van der Waals surface area contributed by atoms with Crippen molar-refractivity contribution >= 4 is 32.7 Å². The van der Waals surface area contributed by atoms with Gasteiger partial charge in [-0.25, -0.2) is 8.42 Å². The Bertz CT molecular complexity index is 1230. The largest absolute Gasteiger partial charge is 0.495 e. The molecule has 2 aromatic carbocycles. The third-order valence-corrected chi connectivity index (χ3v) is 8.71. The highest BCUT2D eigenvalue weighted by Crippen LogP contribution is 2.35. The number of hydrogen-bond acceptors (Lipinski definition) is 7. The van der Waals surface area contributed by atoms with Crippen molar-refractivity contribution in [3.05, 3.63) is 60.2 Å². The fourth-order valence-corrected chi connectivity index (χ4v) is 6.68. The van der Waals surface area contributed by atoms with Gasteiger partial charge in [-0.1, -0.05) is 18.2 Å². The number of sulfonamides is 1. The fourth-order valence-electron chi connectivity index (χ4n) is 4.33. The maximum absolute atomic E-state index is 13.2. The van der Waals surface area contributed by atoms with Crippen molar-refractivity contribution < 1.29 is 17.9 Å². The lowest BCUT2D eigenvalue weighted by molar-refractivity contribution is 0.185. The highest BCUT2D eigenvalue weighted by Gasteiger charge is 2.24. The summed E-state index contributed by atoms with van der Waals surface area (Å²) in [5.41, 5.74) is 3.39. The maximum Gasteiger partial charge on any atom is 0.271 e. The second-order valence-electron chi connectivity index (χ2n) is 8.62. The number of benzene rings is 2. The van der Waals surface area contributed by atoms with Crippen LogP contribution < -0.4 is 19.7 Å². The van der Waals surface area contributed by atoms with Crippen LogP contribution in [0.5, 0.6) is 5.75 Å². The maximum atomic E-state index is 13.2. The normalized spacial score (nSPS) is 18.6. The van der Waals surface area contributed by atoms with Crippen LogP contribution in [0.25, 0.3) is 10.4 Å². The Hall–Kier alpha value is -2.59. The molecule has 34 heavy (non-hydrogen) atoms. The summed E-state index contributed by atoms with van der Waals surface area (Å²) in [5, 5.41) is 3.52. The molecule has 0 bridgehead atoms. The molecule has 1 aliphatic rings. The number of piperazine rings is 1. The van der Waals surface area contributed by atoms with Gasteiger partial charge in [0.05, 0.1) is 25.1 Å². The second kappa shape index (κ2) is 10.4. The minimum atomic E-state index is -3.74. The van der Waals surface area contributed by atoms with Gasteiger partial charge in [0.1, 0.15) is 9.96 Å². The van der Waals surface area contributed by atoms with E-state index in [0.717, 1.165) is 40.5 Å². The molecular weight excluding hydrogens is 470 g/mol. The number of nitrogens with one attached hydrogen (secondary N) is 2. The molecule has 1 aromatic heterocycles. The molecule has 7 nitrogen and oxygen atoms in total. The van der Waals surface area contributed by atoms with Crippen LogP contribution in [0.1, 0.15) is 19.4 Å². The van der Waals surface area contributed by atoms with Gasteiger partial charge in [0, 0.05) is 37.2 Å². The molecule has 1 fully saturated rings. The Kier molecular flexibility index (Phi) is 7.47. The molecule has 3 aromatic rings. The molecule has 0 unspecified atom stereocenters. The van der Waals surface area contributed by atoms with Crippen molar-refractivity contribution in [2.75, 3.05) is 36.9 Å². The Morgan fingerprint density at radius 3 is 2.53 bits per heavy atom. The van der Waals surface area contributed by atoms with Gasteiger partial charge in [-0.3, -0.25) is 4.72 Å². The summed E-state index contributed by atoms with van der Waals surface area (Å²) in [6.07, 6.45) is 0. The number of ether oxygens (including phenoxy) is 2. The molecule has 0 spiro atoms. The van der Waals surface area contributed by atoms with Gasteiger partial charge < -0.3 is 19.7 Å². The van der Waals surface area contributed by atoms with E-state index in [1.54, 1.807) is 26.4 Å². The minimum absolute atomic E-state index is 0.265. The van der Waals surface area contributed by atoms with Gasteiger partial charge in [-0.05, 0) is 61.4 Å². The molecule has 2 heterocycles. The molecule has 2 atom stereocenters. The Morgan fingerprint density at radius 2 is 1.82 bits per heavy atom. The van der Waals surface area contributed by atoms with E-state index < -0.39 is 10.0 Å². The van der Waals surface area contributed by atoms with E-state index >= 15 is 0 Å². The van der Waals surface area contributed by atoms with Crippen LogP contribution in [0.3, 0.4) is 0 Å². The molecule has 1 aliphatic heterocycles. The zero-order valence-corrected chi connectivity index (χ0v) is 21.5. The Morgan fingerprint density at radius 1 is 1.06 bits per heavy atom. The number of thiophene rings is 1. The average molecular weight is 502 g/mol. The molecule has 0 aliphatic carbocycles. The first-order chi connectivity index (χ1) is 16.3. The van der Waals surface area contributed by atoms with Crippen LogP contribution in [0.15, 0.2) is 58.8 Å². The standard InChI is InChI=1S/C25H31N3O4S2/c1-17-14-28(15-18(2)26-17)22-13-21(8-9-23(22)32-4)27-34(29,30)25-11-10-24(33-25)20-7-5-6-19(12-20)16-31-3/h5-13,17-18,26-27H,14-16H2,1-4H3/t17-,18+. The van der Waals surface area contributed by atoms with Crippen LogP contribution in [0.2, 0.25) is 0 Å². The van der Waals surface area contributed by atoms with E-state index in [2.05, 4.69) is 28.8 Å². The molecule has 0 saturated carbocycles. The van der Waals surface area contributed by atoms with Crippen molar-refractivity contribution in [3.63, 3.8) is 0 Å². The highest BCUT2D eigenvalue weighted by atomic mass is 32.2. The van der Waals surface area contributed by atoms with Crippen molar-refractivity contribution in [1.82, 2.24) is 5.32 Å². The van der Waals surface area contributed by atoms with E-state index in [9.17, 15) is 8.42 Å². The van der Waals surface area contributed by atoms with Gasteiger partial charge in [-0.15, -0.1) is 11.3 Å². The highest BCUT2D eigenvalue weighted by molar-refractivity contribution is 7.94. The van der Waals surface area contributed by atoms with Gasteiger partial charge in [0.15, 0.2) is 0 Å². The number of rotatable bonds is 8. The molecule has 0 amide bonds. The van der Waals surface area contributed by atoms with E-state index in [4.69, 9.17) is 9.47 Å². The van der Waals surface area contributed by atoms with Crippen LogP contribution in [-0.4, -0.2) is 47.8 Å². The van der Waals surface area contributed by atoms with E-state index in [-0.39, 0.29) is 4.21 Å². The van der Waals surface area contributed by atoms with E-state index in [1.807, 2.05) is 42.5 Å².